The van der Waals surface area contributed by atoms with E-state index in [1.54, 1.807) is 24.3 Å². The van der Waals surface area contributed by atoms with Gasteiger partial charge in [0.15, 0.2) is 6.10 Å². The molecule has 0 saturated carbocycles. The first-order valence-electron chi connectivity index (χ1n) is 5.75. The number of esters is 1. The average molecular weight is 267 g/mol. The molecule has 18 heavy (non-hydrogen) atoms. The summed E-state index contributed by atoms with van der Waals surface area (Å²) in [4.78, 5) is 25.0. The quantitative estimate of drug-likeness (QED) is 0.657. The number of hydrogen-bond acceptors (Lipinski definition) is 4. The third-order valence-corrected chi connectivity index (χ3v) is 3.12. The molecule has 5 heteroatoms. The van der Waals surface area contributed by atoms with Crippen LogP contribution in [-0.2, 0) is 14.3 Å². The Bertz CT molecular complexity index is 451. The van der Waals surface area contributed by atoms with Crippen molar-refractivity contribution in [2.24, 2.45) is 0 Å². The predicted octanol–water partition coefficient (Wildman–Crippen LogP) is 2.14. The second-order valence-corrected chi connectivity index (χ2v) is 5.07. The van der Waals surface area contributed by atoms with Gasteiger partial charge in [-0.05, 0) is 39.0 Å². The van der Waals surface area contributed by atoms with Crippen LogP contribution in [0.15, 0.2) is 18.2 Å². The van der Waals surface area contributed by atoms with Crippen LogP contribution in [0, 0.1) is 6.92 Å². The number of carbonyl (C=O) groups is 2. The van der Waals surface area contributed by atoms with Gasteiger partial charge in [-0.3, -0.25) is 4.79 Å². The molecular weight excluding hydrogens is 250 g/mol. The third-order valence-electron chi connectivity index (χ3n) is 2.16. The zero-order valence-corrected chi connectivity index (χ0v) is 11.5. The van der Waals surface area contributed by atoms with Gasteiger partial charge in [-0.15, -0.1) is 11.3 Å². The molecule has 1 aromatic rings. The third kappa shape index (κ3) is 4.71. The van der Waals surface area contributed by atoms with Crippen molar-refractivity contribution < 1.29 is 14.3 Å². The van der Waals surface area contributed by atoms with Gasteiger partial charge in [0.25, 0.3) is 5.91 Å². The van der Waals surface area contributed by atoms with Crippen molar-refractivity contribution in [1.82, 2.24) is 5.32 Å². The fraction of sp³-hybridized carbons (Fsp3) is 0.385. The summed E-state index contributed by atoms with van der Waals surface area (Å²) in [6.07, 6.45) is 2.25. The minimum absolute atomic E-state index is 0.286. The van der Waals surface area contributed by atoms with Gasteiger partial charge in [0.05, 0.1) is 0 Å². The average Bonchev–Trinajstić information content (AvgIpc) is 2.73. The molecule has 0 saturated heterocycles. The van der Waals surface area contributed by atoms with E-state index in [1.807, 2.05) is 26.0 Å². The summed E-state index contributed by atoms with van der Waals surface area (Å²) in [6, 6.07) is 3.91. The van der Waals surface area contributed by atoms with Gasteiger partial charge >= 0.3 is 5.97 Å². The molecule has 0 bridgehead atoms. The van der Waals surface area contributed by atoms with E-state index in [-0.39, 0.29) is 5.91 Å². The van der Waals surface area contributed by atoms with Crippen molar-refractivity contribution in [2.45, 2.75) is 26.9 Å². The lowest BCUT2D eigenvalue weighted by atomic mass is 10.3. The molecule has 1 atom stereocenters. The van der Waals surface area contributed by atoms with Crippen molar-refractivity contribution in [3.63, 3.8) is 0 Å². The number of amides is 1. The summed E-state index contributed by atoms with van der Waals surface area (Å²) in [6.45, 7) is 5.88. The molecular formula is C13H17NO3S. The Morgan fingerprint density at radius 1 is 1.50 bits per heavy atom. The summed E-state index contributed by atoms with van der Waals surface area (Å²) in [5, 5.41) is 2.59. The SMILES string of the molecule is CCNC(=O)[C@@H](C)OC(=O)/C=C/c1ccc(C)s1. The van der Waals surface area contributed by atoms with Crippen LogP contribution in [0.25, 0.3) is 6.08 Å². The van der Waals surface area contributed by atoms with E-state index in [1.165, 1.54) is 11.0 Å². The standard InChI is InChI=1S/C13H17NO3S/c1-4-14-13(16)10(3)17-12(15)8-7-11-6-5-9(2)18-11/h5-8,10H,4H2,1-3H3,(H,14,16)/b8-7+/t10-/m1/s1. The summed E-state index contributed by atoms with van der Waals surface area (Å²) in [5.41, 5.74) is 0. The highest BCUT2D eigenvalue weighted by atomic mass is 32.1. The van der Waals surface area contributed by atoms with Crippen molar-refractivity contribution >= 4 is 29.3 Å². The van der Waals surface area contributed by atoms with Crippen molar-refractivity contribution in [3.8, 4) is 0 Å². The molecule has 0 aliphatic heterocycles. The second kappa shape index (κ2) is 6.96. The Kier molecular flexibility index (Phi) is 5.58. The molecule has 0 unspecified atom stereocenters. The van der Waals surface area contributed by atoms with Crippen LogP contribution in [0.4, 0.5) is 0 Å². The highest BCUT2D eigenvalue weighted by Crippen LogP contribution is 2.16. The summed E-state index contributed by atoms with van der Waals surface area (Å²) >= 11 is 1.59. The molecule has 4 nitrogen and oxygen atoms in total. The van der Waals surface area contributed by atoms with Gasteiger partial charge < -0.3 is 10.1 Å². The number of hydrogen-bond donors (Lipinski definition) is 1. The second-order valence-electron chi connectivity index (χ2n) is 3.76. The van der Waals surface area contributed by atoms with E-state index in [0.29, 0.717) is 6.54 Å². The fourth-order valence-electron chi connectivity index (χ4n) is 1.28. The predicted molar refractivity (Wildman–Crippen MR) is 72.3 cm³/mol. The van der Waals surface area contributed by atoms with Crippen molar-refractivity contribution in [1.29, 1.82) is 0 Å². The Morgan fingerprint density at radius 3 is 2.78 bits per heavy atom. The van der Waals surface area contributed by atoms with E-state index in [2.05, 4.69) is 5.32 Å². The minimum Gasteiger partial charge on any atom is -0.449 e. The minimum atomic E-state index is -0.771. The van der Waals surface area contributed by atoms with Crippen molar-refractivity contribution in [2.75, 3.05) is 6.54 Å². The maximum Gasteiger partial charge on any atom is 0.331 e. The normalized spacial score (nSPS) is 12.4. The summed E-state index contributed by atoms with van der Waals surface area (Å²) in [5.74, 6) is -0.800. The lowest BCUT2D eigenvalue weighted by molar-refractivity contribution is -0.150. The molecule has 0 aliphatic carbocycles. The molecule has 0 fully saturated rings. The molecule has 1 heterocycles. The summed E-state index contributed by atoms with van der Waals surface area (Å²) < 4.78 is 4.96. The van der Waals surface area contributed by atoms with Gasteiger partial charge in [-0.2, -0.15) is 0 Å². The maximum atomic E-state index is 11.5. The first kappa shape index (κ1) is 14.4. The molecule has 0 aliphatic rings. The Labute approximate surface area is 111 Å². The lowest BCUT2D eigenvalue weighted by Crippen LogP contribution is -2.35. The molecule has 98 valence electrons. The molecule has 1 rings (SSSR count). The number of nitrogens with one attached hydrogen (secondary N) is 1. The molecule has 0 radical (unpaired) electrons. The first-order chi connectivity index (χ1) is 8.52. The van der Waals surface area contributed by atoms with Crippen LogP contribution in [-0.4, -0.2) is 24.5 Å². The largest absolute Gasteiger partial charge is 0.449 e. The fourth-order valence-corrected chi connectivity index (χ4v) is 2.06. The maximum absolute atomic E-state index is 11.5. The lowest BCUT2D eigenvalue weighted by Gasteiger charge is -2.10. The zero-order valence-electron chi connectivity index (χ0n) is 10.7. The number of ether oxygens (including phenoxy) is 1. The molecule has 0 spiro atoms. The topological polar surface area (TPSA) is 55.4 Å². The van der Waals surface area contributed by atoms with Crippen LogP contribution in [0.5, 0.6) is 0 Å². The van der Waals surface area contributed by atoms with E-state index in [0.717, 1.165) is 4.88 Å². The van der Waals surface area contributed by atoms with E-state index >= 15 is 0 Å². The van der Waals surface area contributed by atoms with Gasteiger partial charge in [-0.1, -0.05) is 0 Å². The molecule has 0 aromatic carbocycles. The molecule has 1 N–H and O–H groups in total. The van der Waals surface area contributed by atoms with Gasteiger partial charge in [0.1, 0.15) is 0 Å². The van der Waals surface area contributed by atoms with E-state index < -0.39 is 12.1 Å². The van der Waals surface area contributed by atoms with E-state index in [9.17, 15) is 9.59 Å². The number of aryl methyl sites for hydroxylation is 1. The van der Waals surface area contributed by atoms with Gasteiger partial charge in [-0.25, -0.2) is 4.79 Å². The van der Waals surface area contributed by atoms with Crippen LogP contribution in [0.2, 0.25) is 0 Å². The Balaban J connectivity index is 2.46. The van der Waals surface area contributed by atoms with Crippen LogP contribution < -0.4 is 5.32 Å². The van der Waals surface area contributed by atoms with E-state index in [4.69, 9.17) is 4.74 Å². The Hall–Kier alpha value is -1.62. The number of rotatable bonds is 5. The number of likely N-dealkylation sites (N-methyl/N-ethyl adjacent to an activating group) is 1. The highest BCUT2D eigenvalue weighted by molar-refractivity contribution is 7.12. The monoisotopic (exact) mass is 267 g/mol. The summed E-state index contributed by atoms with van der Waals surface area (Å²) in [7, 11) is 0. The number of carbonyl (C=O) groups excluding carboxylic acids is 2. The highest BCUT2D eigenvalue weighted by Gasteiger charge is 2.14. The van der Waals surface area contributed by atoms with Crippen LogP contribution in [0.1, 0.15) is 23.6 Å². The van der Waals surface area contributed by atoms with Gasteiger partial charge in [0, 0.05) is 22.4 Å². The van der Waals surface area contributed by atoms with Gasteiger partial charge in [0.2, 0.25) is 0 Å². The van der Waals surface area contributed by atoms with Crippen LogP contribution >= 0.6 is 11.3 Å². The van der Waals surface area contributed by atoms with Crippen LogP contribution in [0.3, 0.4) is 0 Å². The number of thiophene rings is 1. The van der Waals surface area contributed by atoms with Crippen molar-refractivity contribution in [3.05, 3.63) is 28.0 Å². The molecule has 1 amide bonds. The molecule has 1 aromatic heterocycles. The zero-order chi connectivity index (χ0) is 13.5. The first-order valence-corrected chi connectivity index (χ1v) is 6.57. The smallest absolute Gasteiger partial charge is 0.331 e. The Morgan fingerprint density at radius 2 is 2.22 bits per heavy atom.